The Morgan fingerprint density at radius 1 is 1.09 bits per heavy atom. The van der Waals surface area contributed by atoms with Gasteiger partial charge in [0.2, 0.25) is 0 Å². The van der Waals surface area contributed by atoms with Crippen molar-refractivity contribution in [2.24, 2.45) is 5.41 Å². The van der Waals surface area contributed by atoms with Crippen LogP contribution in [0.25, 0.3) is 0 Å². The summed E-state index contributed by atoms with van der Waals surface area (Å²) in [4.78, 5) is 26.2. The first kappa shape index (κ1) is 34.3. The van der Waals surface area contributed by atoms with Crippen molar-refractivity contribution < 1.29 is 32.6 Å². The predicted octanol–water partition coefficient (Wildman–Crippen LogP) is 8.02. The van der Waals surface area contributed by atoms with Gasteiger partial charge in [-0.05, 0) is 70.2 Å². The van der Waals surface area contributed by atoms with Gasteiger partial charge >= 0.3 is 12.1 Å². The summed E-state index contributed by atoms with van der Waals surface area (Å²) in [7, 11) is -3.76. The van der Waals surface area contributed by atoms with E-state index in [1.807, 2.05) is 24.5 Å². The van der Waals surface area contributed by atoms with E-state index in [1.54, 1.807) is 32.9 Å². The topological polar surface area (TPSA) is 122 Å². The number of ether oxygens (including phenoxy) is 2. The summed E-state index contributed by atoms with van der Waals surface area (Å²) >= 11 is 1.38. The van der Waals surface area contributed by atoms with Crippen LogP contribution in [0.3, 0.4) is 0 Å². The first-order valence-corrected chi connectivity index (χ1v) is 17.5. The Balaban J connectivity index is 2.16. The molecule has 2 N–H and O–H groups in total. The molecule has 11 heteroatoms. The Hall–Kier alpha value is -3.18. The minimum atomic E-state index is -3.76. The molecule has 1 aliphatic heterocycles. The molecule has 0 aliphatic carbocycles. The molecule has 236 valence electrons. The second kappa shape index (κ2) is 14.5. The van der Waals surface area contributed by atoms with E-state index in [0.717, 1.165) is 56.6 Å². The van der Waals surface area contributed by atoms with Gasteiger partial charge in [-0.25, -0.2) is 18.0 Å². The van der Waals surface area contributed by atoms with Crippen LogP contribution in [-0.2, 0) is 19.4 Å². The summed E-state index contributed by atoms with van der Waals surface area (Å²) in [6, 6.07) is 10.6. The summed E-state index contributed by atoms with van der Waals surface area (Å²) in [5, 5.41) is 11.8. The highest BCUT2D eigenvalue weighted by atomic mass is 32.2. The van der Waals surface area contributed by atoms with Crippen molar-refractivity contribution in [2.45, 2.75) is 88.5 Å². The third kappa shape index (κ3) is 9.40. The number of carbonyl (C=O) groups is 2. The number of hydrogen-bond acceptors (Lipinski definition) is 8. The number of carbonyl (C=O) groups excluding carboxylic acids is 1. The van der Waals surface area contributed by atoms with Crippen molar-refractivity contribution in [2.75, 3.05) is 28.8 Å². The van der Waals surface area contributed by atoms with Gasteiger partial charge in [0.1, 0.15) is 11.4 Å². The number of fused-ring (bicyclic) bond motifs is 1. The van der Waals surface area contributed by atoms with Crippen molar-refractivity contribution in [1.82, 2.24) is 0 Å². The van der Waals surface area contributed by atoms with Gasteiger partial charge in [-0.15, -0.1) is 11.8 Å². The third-order valence-electron chi connectivity index (χ3n) is 7.21. The molecule has 0 radical (unpaired) electrons. The fourth-order valence-electron chi connectivity index (χ4n) is 5.26. The van der Waals surface area contributed by atoms with Gasteiger partial charge in [-0.3, -0.25) is 5.32 Å². The number of aliphatic carboxylic acids is 1. The molecule has 0 unspecified atom stereocenters. The summed E-state index contributed by atoms with van der Waals surface area (Å²) in [6.07, 6.45) is 8.48. The highest BCUT2D eigenvalue weighted by molar-refractivity contribution is 7.98. The number of sulfone groups is 1. The van der Waals surface area contributed by atoms with Crippen LogP contribution in [-0.4, -0.2) is 49.7 Å². The molecule has 0 saturated carbocycles. The molecular formula is C32H44N2O7S2. The maximum absolute atomic E-state index is 14.2. The number of rotatable bonds is 12. The van der Waals surface area contributed by atoms with Gasteiger partial charge in [0.15, 0.2) is 9.84 Å². The van der Waals surface area contributed by atoms with Crippen LogP contribution in [0.5, 0.6) is 5.75 Å². The van der Waals surface area contributed by atoms with E-state index in [0.29, 0.717) is 22.8 Å². The number of amides is 1. The van der Waals surface area contributed by atoms with Gasteiger partial charge in [-0.2, -0.15) is 0 Å². The Bertz CT molecular complexity index is 1410. The van der Waals surface area contributed by atoms with E-state index in [9.17, 15) is 18.0 Å². The number of carboxylic acids is 1. The fourth-order valence-corrected chi connectivity index (χ4v) is 7.92. The molecule has 1 amide bonds. The lowest BCUT2D eigenvalue weighted by molar-refractivity contribution is -0.131. The normalized spacial score (nSPS) is 15.9. The molecular weight excluding hydrogens is 588 g/mol. The van der Waals surface area contributed by atoms with E-state index in [1.165, 1.54) is 17.8 Å². The second-order valence-corrected chi connectivity index (χ2v) is 14.8. The SMILES string of the molecule is CCCCC1(CCCC)CN(c2ccc(NC(=O)OC(C)(C)C)cc2)c2cc(SC)c(O/C=C/C(=O)O)cc2S(=O)(=O)C1. The maximum atomic E-state index is 14.2. The molecule has 2 aromatic carbocycles. The fraction of sp³-hybridized carbons (Fsp3) is 0.500. The van der Waals surface area contributed by atoms with E-state index >= 15 is 0 Å². The largest absolute Gasteiger partial charge is 0.478 e. The zero-order valence-corrected chi connectivity index (χ0v) is 27.6. The van der Waals surface area contributed by atoms with Crippen molar-refractivity contribution in [1.29, 1.82) is 0 Å². The lowest BCUT2D eigenvalue weighted by atomic mass is 9.79. The number of hydrogen-bond donors (Lipinski definition) is 2. The van der Waals surface area contributed by atoms with Gasteiger partial charge in [0, 0.05) is 29.4 Å². The highest BCUT2D eigenvalue weighted by Gasteiger charge is 2.42. The molecule has 0 bridgehead atoms. The molecule has 0 aromatic heterocycles. The number of unbranched alkanes of at least 4 members (excludes halogenated alkanes) is 2. The second-order valence-electron chi connectivity index (χ2n) is 12.0. The summed E-state index contributed by atoms with van der Waals surface area (Å²) in [5.41, 5.74) is 0.773. The first-order valence-electron chi connectivity index (χ1n) is 14.6. The van der Waals surface area contributed by atoms with Gasteiger partial charge < -0.3 is 19.5 Å². The van der Waals surface area contributed by atoms with Crippen LogP contribution >= 0.6 is 11.8 Å². The van der Waals surface area contributed by atoms with Crippen LogP contribution < -0.4 is 15.0 Å². The van der Waals surface area contributed by atoms with Crippen molar-refractivity contribution >= 4 is 50.7 Å². The predicted molar refractivity (Wildman–Crippen MR) is 172 cm³/mol. The van der Waals surface area contributed by atoms with Crippen LogP contribution in [0.15, 0.2) is 58.5 Å². The third-order valence-corrected chi connectivity index (χ3v) is 9.96. The first-order chi connectivity index (χ1) is 20.2. The highest BCUT2D eigenvalue weighted by Crippen LogP contribution is 2.48. The molecule has 2 aromatic rings. The van der Waals surface area contributed by atoms with E-state index < -0.39 is 32.9 Å². The van der Waals surface area contributed by atoms with Crippen molar-refractivity contribution in [3.8, 4) is 5.75 Å². The average molecular weight is 633 g/mol. The molecule has 1 heterocycles. The maximum Gasteiger partial charge on any atom is 0.412 e. The van der Waals surface area contributed by atoms with Crippen LogP contribution in [0.1, 0.15) is 73.1 Å². The minimum absolute atomic E-state index is 0.00476. The number of carboxylic acid groups (broad SMARTS) is 1. The number of anilines is 3. The Morgan fingerprint density at radius 3 is 2.26 bits per heavy atom. The monoisotopic (exact) mass is 632 g/mol. The number of nitrogens with one attached hydrogen (secondary N) is 1. The molecule has 9 nitrogen and oxygen atoms in total. The lowest BCUT2D eigenvalue weighted by Crippen LogP contribution is -2.38. The summed E-state index contributed by atoms with van der Waals surface area (Å²) < 4.78 is 39.4. The number of benzene rings is 2. The van der Waals surface area contributed by atoms with Crippen molar-refractivity contribution in [3.63, 3.8) is 0 Å². The summed E-state index contributed by atoms with van der Waals surface area (Å²) in [5.74, 6) is -0.885. The number of thioether (sulfide) groups is 1. The van der Waals surface area contributed by atoms with Crippen LogP contribution in [0, 0.1) is 5.41 Å². The molecule has 0 fully saturated rings. The molecule has 3 rings (SSSR count). The van der Waals surface area contributed by atoms with Gasteiger partial charge in [0.05, 0.1) is 33.6 Å². The molecule has 0 atom stereocenters. The molecule has 0 spiro atoms. The standard InChI is InChI=1S/C32H44N2O7S2/c1-7-9-16-32(17-10-8-2)21-34(24-13-11-23(12-14-24)33-30(37)41-31(3,4)5)25-19-27(42-6)26(40-18-15-29(35)36)20-28(25)43(38,39)22-32/h11-15,18-20H,7-10,16-17,21-22H2,1-6H3,(H,33,37)(H,35,36)/b18-15+. The minimum Gasteiger partial charge on any atom is -0.478 e. The van der Waals surface area contributed by atoms with Gasteiger partial charge in [0.25, 0.3) is 0 Å². The Labute approximate surface area is 259 Å². The molecule has 0 saturated heterocycles. The van der Waals surface area contributed by atoms with E-state index in [4.69, 9.17) is 14.6 Å². The molecule has 43 heavy (non-hydrogen) atoms. The Kier molecular flexibility index (Phi) is 11.6. The van der Waals surface area contributed by atoms with E-state index in [-0.39, 0.29) is 16.4 Å². The van der Waals surface area contributed by atoms with Crippen LogP contribution in [0.4, 0.5) is 21.9 Å². The Morgan fingerprint density at radius 2 is 1.72 bits per heavy atom. The van der Waals surface area contributed by atoms with Gasteiger partial charge in [-0.1, -0.05) is 39.5 Å². The lowest BCUT2D eigenvalue weighted by Gasteiger charge is -2.37. The van der Waals surface area contributed by atoms with E-state index in [2.05, 4.69) is 24.1 Å². The average Bonchev–Trinajstić information content (AvgIpc) is 3.01. The van der Waals surface area contributed by atoms with Crippen molar-refractivity contribution in [3.05, 3.63) is 48.7 Å². The zero-order chi connectivity index (χ0) is 31.8. The van der Waals surface area contributed by atoms with Crippen LogP contribution in [0.2, 0.25) is 0 Å². The number of nitrogens with zero attached hydrogens (tertiary/aromatic N) is 1. The quantitative estimate of drug-likeness (QED) is 0.136. The summed E-state index contributed by atoms with van der Waals surface area (Å²) in [6.45, 7) is 10.1. The zero-order valence-electron chi connectivity index (χ0n) is 25.9. The smallest absolute Gasteiger partial charge is 0.412 e. The molecule has 1 aliphatic rings.